The van der Waals surface area contributed by atoms with Crippen LogP contribution in [-0.2, 0) is 6.54 Å². The summed E-state index contributed by atoms with van der Waals surface area (Å²) in [5.41, 5.74) is 6.90. The molecule has 0 bridgehead atoms. The minimum Gasteiger partial charge on any atom is -0.397 e. The van der Waals surface area contributed by atoms with Gasteiger partial charge in [-0.2, -0.15) is 0 Å². The zero-order valence-electron chi connectivity index (χ0n) is 8.96. The molecule has 1 heterocycles. The maximum atomic E-state index is 12.8. The second-order valence-electron chi connectivity index (χ2n) is 3.60. The minimum atomic E-state index is -0.310. The molecule has 0 unspecified atom stereocenters. The lowest BCUT2D eigenvalue weighted by Gasteiger charge is -2.07. The molecular weight excluding hydrogens is 223 g/mol. The van der Waals surface area contributed by atoms with Crippen molar-refractivity contribution in [1.82, 2.24) is 0 Å². The zero-order chi connectivity index (χ0) is 11.5. The Morgan fingerprint density at radius 1 is 1.31 bits per heavy atom. The highest BCUT2D eigenvalue weighted by molar-refractivity contribution is 7.11. The van der Waals surface area contributed by atoms with E-state index < -0.39 is 0 Å². The molecule has 2 aromatic rings. The number of halogens is 1. The molecule has 0 saturated heterocycles. The summed E-state index contributed by atoms with van der Waals surface area (Å²) in [4.78, 5) is 2.52. The van der Waals surface area contributed by atoms with Crippen LogP contribution in [0.5, 0.6) is 0 Å². The van der Waals surface area contributed by atoms with Gasteiger partial charge in [0.2, 0.25) is 0 Å². The Bertz CT molecular complexity index is 494. The summed E-state index contributed by atoms with van der Waals surface area (Å²) in [6, 6.07) is 8.54. The molecule has 0 atom stereocenters. The third-order valence-electron chi connectivity index (χ3n) is 2.26. The molecule has 3 N–H and O–H groups in total. The van der Waals surface area contributed by atoms with Crippen molar-refractivity contribution in [2.45, 2.75) is 13.5 Å². The fourth-order valence-electron chi connectivity index (χ4n) is 1.46. The molecule has 0 saturated carbocycles. The Morgan fingerprint density at radius 2 is 2.12 bits per heavy atom. The van der Waals surface area contributed by atoms with Gasteiger partial charge in [-0.25, -0.2) is 4.39 Å². The predicted octanol–water partition coefficient (Wildman–Crippen LogP) is 3.39. The second-order valence-corrected chi connectivity index (χ2v) is 4.97. The molecule has 0 aliphatic heterocycles. The first-order valence-corrected chi connectivity index (χ1v) is 5.81. The van der Waals surface area contributed by atoms with Crippen LogP contribution >= 0.6 is 11.3 Å². The van der Waals surface area contributed by atoms with E-state index in [4.69, 9.17) is 5.73 Å². The number of nitrogen functional groups attached to an aromatic ring is 1. The molecule has 4 heteroatoms. The lowest BCUT2D eigenvalue weighted by Crippen LogP contribution is -2.01. The van der Waals surface area contributed by atoms with E-state index in [1.807, 2.05) is 0 Å². The summed E-state index contributed by atoms with van der Waals surface area (Å²) >= 11 is 1.74. The van der Waals surface area contributed by atoms with Crippen LogP contribution in [0.4, 0.5) is 15.8 Å². The molecule has 84 valence electrons. The van der Waals surface area contributed by atoms with Crippen LogP contribution in [0.15, 0.2) is 30.3 Å². The Balaban J connectivity index is 2.04. The van der Waals surface area contributed by atoms with E-state index in [0.717, 1.165) is 5.69 Å². The summed E-state index contributed by atoms with van der Waals surface area (Å²) in [6.45, 7) is 2.79. The SMILES string of the molecule is Cc1ccc(CNc2ccc(F)cc2N)s1. The van der Waals surface area contributed by atoms with Gasteiger partial charge in [-0.05, 0) is 37.3 Å². The van der Waals surface area contributed by atoms with Gasteiger partial charge in [-0.1, -0.05) is 0 Å². The first-order chi connectivity index (χ1) is 7.65. The van der Waals surface area contributed by atoms with Crippen LogP contribution in [0.25, 0.3) is 0 Å². The molecule has 2 nitrogen and oxygen atoms in total. The van der Waals surface area contributed by atoms with Crippen molar-refractivity contribution in [3.8, 4) is 0 Å². The fraction of sp³-hybridized carbons (Fsp3) is 0.167. The number of benzene rings is 1. The molecule has 0 spiro atoms. The Kier molecular flexibility index (Phi) is 3.10. The number of hydrogen-bond donors (Lipinski definition) is 2. The van der Waals surface area contributed by atoms with Crippen molar-refractivity contribution >= 4 is 22.7 Å². The molecule has 1 aromatic heterocycles. The smallest absolute Gasteiger partial charge is 0.125 e. The van der Waals surface area contributed by atoms with Crippen molar-refractivity contribution in [3.05, 3.63) is 45.9 Å². The topological polar surface area (TPSA) is 38.0 Å². The van der Waals surface area contributed by atoms with Gasteiger partial charge in [-0.3, -0.25) is 0 Å². The number of rotatable bonds is 3. The first-order valence-electron chi connectivity index (χ1n) is 4.99. The monoisotopic (exact) mass is 236 g/mol. The standard InChI is InChI=1S/C12H13FN2S/c1-8-2-4-10(16-8)7-15-12-5-3-9(13)6-11(12)14/h2-6,15H,7,14H2,1H3. The first kappa shape index (κ1) is 11.0. The van der Waals surface area contributed by atoms with Gasteiger partial charge in [0.05, 0.1) is 11.4 Å². The van der Waals surface area contributed by atoms with Crippen molar-refractivity contribution in [2.75, 3.05) is 11.1 Å². The Morgan fingerprint density at radius 3 is 2.75 bits per heavy atom. The van der Waals surface area contributed by atoms with Crippen LogP contribution in [0.3, 0.4) is 0 Å². The average molecular weight is 236 g/mol. The third kappa shape index (κ3) is 2.52. The number of aryl methyl sites for hydroxylation is 1. The van der Waals surface area contributed by atoms with Gasteiger partial charge in [-0.15, -0.1) is 11.3 Å². The molecule has 2 rings (SSSR count). The summed E-state index contributed by atoms with van der Waals surface area (Å²) in [7, 11) is 0. The fourth-order valence-corrected chi connectivity index (χ4v) is 2.29. The molecule has 0 amide bonds. The summed E-state index contributed by atoms with van der Waals surface area (Å²) in [5, 5.41) is 3.19. The van der Waals surface area contributed by atoms with Crippen LogP contribution in [0, 0.1) is 12.7 Å². The van der Waals surface area contributed by atoms with Gasteiger partial charge in [0.25, 0.3) is 0 Å². The van der Waals surface area contributed by atoms with E-state index >= 15 is 0 Å². The minimum absolute atomic E-state index is 0.310. The summed E-state index contributed by atoms with van der Waals surface area (Å²) < 4.78 is 12.8. The maximum Gasteiger partial charge on any atom is 0.125 e. The van der Waals surface area contributed by atoms with Crippen molar-refractivity contribution < 1.29 is 4.39 Å². The van der Waals surface area contributed by atoms with Crippen LogP contribution in [0.2, 0.25) is 0 Å². The van der Waals surface area contributed by atoms with Gasteiger partial charge in [0, 0.05) is 16.3 Å². The zero-order valence-corrected chi connectivity index (χ0v) is 9.77. The Labute approximate surface area is 97.9 Å². The summed E-state index contributed by atoms with van der Waals surface area (Å²) in [6.07, 6.45) is 0. The molecule has 0 fully saturated rings. The summed E-state index contributed by atoms with van der Waals surface area (Å²) in [5.74, 6) is -0.310. The quantitative estimate of drug-likeness (QED) is 0.802. The van der Waals surface area contributed by atoms with Crippen LogP contribution in [0.1, 0.15) is 9.75 Å². The number of hydrogen-bond acceptors (Lipinski definition) is 3. The van der Waals surface area contributed by atoms with Crippen LogP contribution in [-0.4, -0.2) is 0 Å². The van der Waals surface area contributed by atoms with Crippen molar-refractivity contribution in [2.24, 2.45) is 0 Å². The number of thiophene rings is 1. The highest BCUT2D eigenvalue weighted by Crippen LogP contribution is 2.21. The van der Waals surface area contributed by atoms with Crippen molar-refractivity contribution in [1.29, 1.82) is 0 Å². The molecule has 0 aliphatic carbocycles. The normalized spacial score (nSPS) is 10.4. The third-order valence-corrected chi connectivity index (χ3v) is 3.26. The van der Waals surface area contributed by atoms with Crippen molar-refractivity contribution in [3.63, 3.8) is 0 Å². The largest absolute Gasteiger partial charge is 0.397 e. The number of nitrogens with one attached hydrogen (secondary N) is 1. The van der Waals surface area contributed by atoms with Crippen LogP contribution < -0.4 is 11.1 Å². The van der Waals surface area contributed by atoms with E-state index in [1.54, 1.807) is 17.4 Å². The molecular formula is C12H13FN2S. The number of anilines is 2. The Hall–Kier alpha value is -1.55. The van der Waals surface area contributed by atoms with E-state index in [1.165, 1.54) is 21.9 Å². The van der Waals surface area contributed by atoms with E-state index in [0.29, 0.717) is 12.2 Å². The van der Waals surface area contributed by atoms with E-state index in [2.05, 4.69) is 24.4 Å². The molecule has 0 aliphatic rings. The molecule has 1 aromatic carbocycles. The molecule has 0 radical (unpaired) electrons. The lowest BCUT2D eigenvalue weighted by atomic mass is 10.2. The molecule has 16 heavy (non-hydrogen) atoms. The van der Waals surface area contributed by atoms with E-state index in [-0.39, 0.29) is 5.82 Å². The average Bonchev–Trinajstić information content (AvgIpc) is 2.63. The maximum absolute atomic E-state index is 12.8. The predicted molar refractivity (Wildman–Crippen MR) is 67.2 cm³/mol. The number of nitrogens with two attached hydrogens (primary N) is 1. The highest BCUT2D eigenvalue weighted by Gasteiger charge is 2.01. The van der Waals surface area contributed by atoms with E-state index in [9.17, 15) is 4.39 Å². The highest BCUT2D eigenvalue weighted by atomic mass is 32.1. The lowest BCUT2D eigenvalue weighted by molar-refractivity contribution is 0.628. The van der Waals surface area contributed by atoms with Gasteiger partial charge in [0.1, 0.15) is 5.82 Å². The van der Waals surface area contributed by atoms with Gasteiger partial charge < -0.3 is 11.1 Å². The van der Waals surface area contributed by atoms with Gasteiger partial charge in [0.15, 0.2) is 0 Å². The van der Waals surface area contributed by atoms with Gasteiger partial charge >= 0.3 is 0 Å². The second kappa shape index (κ2) is 4.53.